The Labute approximate surface area is 166 Å². The Morgan fingerprint density at radius 1 is 0.893 bits per heavy atom. The number of nitrogens with zero attached hydrogens (tertiary/aromatic N) is 4. The van der Waals surface area contributed by atoms with Gasteiger partial charge < -0.3 is 20.3 Å². The molecule has 0 amide bonds. The van der Waals surface area contributed by atoms with Crippen LogP contribution in [0.25, 0.3) is 0 Å². The Morgan fingerprint density at radius 2 is 1.57 bits per heavy atom. The molecule has 0 saturated carbocycles. The van der Waals surface area contributed by atoms with Crippen molar-refractivity contribution in [1.29, 1.82) is 0 Å². The van der Waals surface area contributed by atoms with E-state index in [9.17, 15) is 4.39 Å². The van der Waals surface area contributed by atoms with E-state index in [1.54, 1.807) is 24.3 Å². The molecule has 2 heterocycles. The third-order valence-corrected chi connectivity index (χ3v) is 4.33. The van der Waals surface area contributed by atoms with Gasteiger partial charge in [0.25, 0.3) is 0 Å². The minimum Gasteiger partial charge on any atom is -0.378 e. The summed E-state index contributed by atoms with van der Waals surface area (Å²) in [5.74, 6) is 0.960. The number of halogens is 2. The lowest BCUT2D eigenvalue weighted by Crippen LogP contribution is -2.37. The highest BCUT2D eigenvalue weighted by atomic mass is 35.5. The molecule has 1 aliphatic rings. The zero-order valence-electron chi connectivity index (χ0n) is 14.9. The summed E-state index contributed by atoms with van der Waals surface area (Å²) in [6.07, 6.45) is 0. The van der Waals surface area contributed by atoms with Crippen LogP contribution < -0.4 is 15.5 Å². The molecule has 0 spiro atoms. The molecule has 2 aromatic carbocycles. The summed E-state index contributed by atoms with van der Waals surface area (Å²) in [4.78, 5) is 15.5. The summed E-state index contributed by atoms with van der Waals surface area (Å²) in [6, 6.07) is 13.3. The first kappa shape index (κ1) is 18.4. The first-order valence-electron chi connectivity index (χ1n) is 8.80. The van der Waals surface area contributed by atoms with Gasteiger partial charge in [-0.2, -0.15) is 15.0 Å². The van der Waals surface area contributed by atoms with Crippen LogP contribution in [0.4, 0.5) is 33.6 Å². The molecule has 1 saturated heterocycles. The Morgan fingerprint density at radius 3 is 2.25 bits per heavy atom. The van der Waals surface area contributed by atoms with Gasteiger partial charge in [0.05, 0.1) is 13.2 Å². The lowest BCUT2D eigenvalue weighted by Gasteiger charge is -2.27. The van der Waals surface area contributed by atoms with Gasteiger partial charge in [-0.05, 0) is 42.5 Å². The van der Waals surface area contributed by atoms with E-state index in [4.69, 9.17) is 16.3 Å². The zero-order valence-corrected chi connectivity index (χ0v) is 15.7. The van der Waals surface area contributed by atoms with Crippen molar-refractivity contribution < 1.29 is 9.13 Å². The molecule has 1 aromatic heterocycles. The highest BCUT2D eigenvalue weighted by Crippen LogP contribution is 2.22. The predicted octanol–water partition coefficient (Wildman–Crippen LogP) is 3.99. The van der Waals surface area contributed by atoms with Gasteiger partial charge in [-0.15, -0.1) is 0 Å². The largest absolute Gasteiger partial charge is 0.378 e. The molecule has 144 valence electrons. The fourth-order valence-corrected chi connectivity index (χ4v) is 2.93. The quantitative estimate of drug-likeness (QED) is 0.670. The molecular formula is C19H18ClFN6O. The van der Waals surface area contributed by atoms with E-state index < -0.39 is 0 Å². The average molecular weight is 401 g/mol. The van der Waals surface area contributed by atoms with Crippen LogP contribution in [0.5, 0.6) is 0 Å². The van der Waals surface area contributed by atoms with Crippen molar-refractivity contribution in [1.82, 2.24) is 15.0 Å². The first-order chi connectivity index (χ1) is 13.7. The van der Waals surface area contributed by atoms with Crippen LogP contribution in [0.15, 0.2) is 48.5 Å². The maximum atomic E-state index is 13.2. The summed E-state index contributed by atoms with van der Waals surface area (Å²) >= 11 is 6.06. The topological polar surface area (TPSA) is 75.2 Å². The molecule has 1 aliphatic heterocycles. The Balaban J connectivity index is 1.64. The zero-order chi connectivity index (χ0) is 19.3. The van der Waals surface area contributed by atoms with Crippen molar-refractivity contribution in [3.05, 3.63) is 59.4 Å². The fraction of sp³-hybridized carbons (Fsp3) is 0.211. The summed E-state index contributed by atoms with van der Waals surface area (Å²) in [5, 5.41) is 6.86. The van der Waals surface area contributed by atoms with Gasteiger partial charge in [0, 0.05) is 29.5 Å². The second-order valence-electron chi connectivity index (χ2n) is 6.15. The molecule has 4 rings (SSSR count). The van der Waals surface area contributed by atoms with E-state index in [2.05, 4.69) is 25.6 Å². The van der Waals surface area contributed by atoms with E-state index in [-0.39, 0.29) is 5.82 Å². The summed E-state index contributed by atoms with van der Waals surface area (Å²) in [7, 11) is 0. The number of anilines is 5. The number of hydrogen-bond donors (Lipinski definition) is 2. The monoisotopic (exact) mass is 400 g/mol. The van der Waals surface area contributed by atoms with Gasteiger partial charge in [-0.1, -0.05) is 17.7 Å². The maximum Gasteiger partial charge on any atom is 0.233 e. The third-order valence-electron chi connectivity index (χ3n) is 4.10. The number of rotatable bonds is 5. The highest BCUT2D eigenvalue weighted by molar-refractivity contribution is 6.30. The van der Waals surface area contributed by atoms with Gasteiger partial charge >= 0.3 is 0 Å². The van der Waals surface area contributed by atoms with Crippen molar-refractivity contribution in [3.63, 3.8) is 0 Å². The molecule has 0 atom stereocenters. The van der Waals surface area contributed by atoms with Crippen LogP contribution >= 0.6 is 11.6 Å². The molecule has 0 radical (unpaired) electrons. The summed E-state index contributed by atoms with van der Waals surface area (Å²) in [6.45, 7) is 2.61. The Kier molecular flexibility index (Phi) is 5.50. The standard InChI is InChI=1S/C19H18ClFN6O/c20-13-2-1-3-16(12-13)23-18-24-17(22-15-6-4-14(21)5-7-15)25-19(26-18)27-8-10-28-11-9-27/h1-7,12H,8-11H2,(H2,22,23,24,25,26). The lowest BCUT2D eigenvalue weighted by atomic mass is 10.3. The predicted molar refractivity (Wildman–Crippen MR) is 107 cm³/mol. The van der Waals surface area contributed by atoms with Gasteiger partial charge in [0.2, 0.25) is 17.8 Å². The van der Waals surface area contributed by atoms with E-state index in [1.807, 2.05) is 17.0 Å². The van der Waals surface area contributed by atoms with Crippen molar-refractivity contribution in [2.45, 2.75) is 0 Å². The second-order valence-corrected chi connectivity index (χ2v) is 6.59. The van der Waals surface area contributed by atoms with Gasteiger partial charge in [0.1, 0.15) is 5.82 Å². The van der Waals surface area contributed by atoms with Crippen molar-refractivity contribution in [3.8, 4) is 0 Å². The van der Waals surface area contributed by atoms with E-state index in [0.29, 0.717) is 54.9 Å². The molecular weight excluding hydrogens is 383 g/mol. The molecule has 1 fully saturated rings. The number of morpholine rings is 1. The normalized spacial score (nSPS) is 14.0. The number of benzene rings is 2. The van der Waals surface area contributed by atoms with E-state index in [1.165, 1.54) is 12.1 Å². The minimum absolute atomic E-state index is 0.307. The molecule has 0 bridgehead atoms. The fourth-order valence-electron chi connectivity index (χ4n) is 2.74. The number of hydrogen-bond acceptors (Lipinski definition) is 7. The molecule has 7 nitrogen and oxygen atoms in total. The van der Waals surface area contributed by atoms with E-state index in [0.717, 1.165) is 5.69 Å². The van der Waals surface area contributed by atoms with Gasteiger partial charge in [-0.3, -0.25) is 0 Å². The summed E-state index contributed by atoms with van der Waals surface area (Å²) < 4.78 is 18.6. The number of nitrogens with one attached hydrogen (secondary N) is 2. The SMILES string of the molecule is Fc1ccc(Nc2nc(Nc3cccc(Cl)c3)nc(N3CCOCC3)n2)cc1. The summed E-state index contributed by atoms with van der Waals surface area (Å²) in [5.41, 5.74) is 1.44. The van der Waals surface area contributed by atoms with Crippen LogP contribution in [0.3, 0.4) is 0 Å². The second kappa shape index (κ2) is 8.37. The number of aromatic nitrogens is 3. The molecule has 0 aliphatic carbocycles. The van der Waals surface area contributed by atoms with Gasteiger partial charge in [-0.25, -0.2) is 4.39 Å². The van der Waals surface area contributed by atoms with Crippen LogP contribution in [-0.2, 0) is 4.74 Å². The van der Waals surface area contributed by atoms with Crippen LogP contribution in [0, 0.1) is 5.82 Å². The lowest BCUT2D eigenvalue weighted by molar-refractivity contribution is 0.122. The molecule has 9 heteroatoms. The molecule has 2 N–H and O–H groups in total. The maximum absolute atomic E-state index is 13.2. The molecule has 28 heavy (non-hydrogen) atoms. The molecule has 3 aromatic rings. The Hall–Kier alpha value is -2.97. The average Bonchev–Trinajstić information content (AvgIpc) is 2.70. The van der Waals surface area contributed by atoms with Crippen LogP contribution in [0.2, 0.25) is 5.02 Å². The highest BCUT2D eigenvalue weighted by Gasteiger charge is 2.17. The minimum atomic E-state index is -0.307. The van der Waals surface area contributed by atoms with Crippen molar-refractivity contribution >= 4 is 40.8 Å². The van der Waals surface area contributed by atoms with E-state index >= 15 is 0 Å². The van der Waals surface area contributed by atoms with Crippen molar-refractivity contribution in [2.75, 3.05) is 41.8 Å². The van der Waals surface area contributed by atoms with Gasteiger partial charge in [0.15, 0.2) is 0 Å². The van der Waals surface area contributed by atoms with Crippen LogP contribution in [0.1, 0.15) is 0 Å². The molecule has 0 unspecified atom stereocenters. The Bertz CT molecular complexity index is 949. The smallest absolute Gasteiger partial charge is 0.233 e. The van der Waals surface area contributed by atoms with Crippen LogP contribution in [-0.4, -0.2) is 41.3 Å². The third kappa shape index (κ3) is 4.65. The number of ether oxygens (including phenoxy) is 1. The first-order valence-corrected chi connectivity index (χ1v) is 9.17. The van der Waals surface area contributed by atoms with Crippen molar-refractivity contribution in [2.24, 2.45) is 0 Å².